The van der Waals surface area contributed by atoms with Crippen LogP contribution in [0.25, 0.3) is 0 Å². The van der Waals surface area contributed by atoms with Crippen LogP contribution in [0.2, 0.25) is 0 Å². The quantitative estimate of drug-likeness (QED) is 0.557. The van der Waals surface area contributed by atoms with Gasteiger partial charge in [0.1, 0.15) is 5.54 Å². The Morgan fingerprint density at radius 3 is 2.54 bits per heavy atom. The van der Waals surface area contributed by atoms with Crippen LogP contribution in [0.1, 0.15) is 38.5 Å². The SMILES string of the molecule is N[C@]1(C(=O)O)CCCCCC[C@@H]1O. The smallest absolute Gasteiger partial charge is 0.326 e. The second-order valence-electron chi connectivity index (χ2n) is 3.81. The predicted octanol–water partition coefficient (Wildman–Crippen LogP) is 0.484. The zero-order valence-corrected chi connectivity index (χ0v) is 7.70. The number of hydrogen-bond acceptors (Lipinski definition) is 3. The first-order valence-electron chi connectivity index (χ1n) is 4.78. The molecule has 0 saturated heterocycles. The number of hydrogen-bond donors (Lipinski definition) is 3. The van der Waals surface area contributed by atoms with E-state index in [-0.39, 0.29) is 0 Å². The molecule has 1 rings (SSSR count). The molecule has 0 amide bonds. The van der Waals surface area contributed by atoms with E-state index in [4.69, 9.17) is 10.8 Å². The maximum atomic E-state index is 10.9. The standard InChI is InChI=1S/C9H17NO3/c10-9(8(12)13)6-4-2-1-3-5-7(9)11/h7,11H,1-6,10H2,(H,12,13)/t7-,9+/m0/s1. The van der Waals surface area contributed by atoms with E-state index in [1.165, 1.54) is 0 Å². The van der Waals surface area contributed by atoms with E-state index >= 15 is 0 Å². The van der Waals surface area contributed by atoms with Crippen LogP contribution in [-0.2, 0) is 4.79 Å². The second kappa shape index (κ2) is 4.07. The highest BCUT2D eigenvalue weighted by atomic mass is 16.4. The first kappa shape index (κ1) is 10.5. The average Bonchev–Trinajstić information content (AvgIpc) is 2.07. The third-order valence-corrected chi connectivity index (χ3v) is 2.81. The molecule has 1 fully saturated rings. The first-order valence-corrected chi connectivity index (χ1v) is 4.78. The molecule has 0 radical (unpaired) electrons. The summed E-state index contributed by atoms with van der Waals surface area (Å²) in [5.41, 5.74) is 4.25. The maximum absolute atomic E-state index is 10.9. The van der Waals surface area contributed by atoms with Gasteiger partial charge in [0.05, 0.1) is 6.10 Å². The lowest BCUT2D eigenvalue weighted by molar-refractivity contribution is -0.149. The van der Waals surface area contributed by atoms with Gasteiger partial charge in [0.2, 0.25) is 0 Å². The molecule has 0 aliphatic heterocycles. The number of carboxylic acid groups (broad SMARTS) is 1. The Morgan fingerprint density at radius 2 is 1.92 bits per heavy atom. The zero-order chi connectivity index (χ0) is 9.90. The van der Waals surface area contributed by atoms with Crippen molar-refractivity contribution in [2.24, 2.45) is 5.73 Å². The molecule has 1 aliphatic rings. The minimum Gasteiger partial charge on any atom is -0.480 e. The molecule has 4 N–H and O–H groups in total. The lowest BCUT2D eigenvalue weighted by Gasteiger charge is -2.31. The number of aliphatic hydroxyl groups excluding tert-OH is 1. The molecular formula is C9H17NO3. The van der Waals surface area contributed by atoms with E-state index in [9.17, 15) is 9.90 Å². The summed E-state index contributed by atoms with van der Waals surface area (Å²) in [6.07, 6.45) is 3.72. The fraction of sp³-hybridized carbons (Fsp3) is 0.889. The molecule has 13 heavy (non-hydrogen) atoms. The molecule has 0 spiro atoms. The number of aliphatic hydroxyl groups is 1. The van der Waals surface area contributed by atoms with E-state index in [0.717, 1.165) is 25.7 Å². The molecule has 0 unspecified atom stereocenters. The van der Waals surface area contributed by atoms with Crippen molar-refractivity contribution in [1.82, 2.24) is 0 Å². The van der Waals surface area contributed by atoms with Crippen molar-refractivity contribution < 1.29 is 15.0 Å². The number of rotatable bonds is 1. The van der Waals surface area contributed by atoms with Crippen molar-refractivity contribution >= 4 is 5.97 Å². The van der Waals surface area contributed by atoms with Gasteiger partial charge in [-0.05, 0) is 12.8 Å². The summed E-state index contributed by atoms with van der Waals surface area (Å²) in [4.78, 5) is 10.9. The summed E-state index contributed by atoms with van der Waals surface area (Å²) in [5.74, 6) is -1.08. The van der Waals surface area contributed by atoms with Gasteiger partial charge in [0.15, 0.2) is 0 Å². The van der Waals surface area contributed by atoms with Gasteiger partial charge in [0, 0.05) is 0 Å². The molecule has 0 heterocycles. The van der Waals surface area contributed by atoms with Gasteiger partial charge in [-0.2, -0.15) is 0 Å². The van der Waals surface area contributed by atoms with E-state index in [2.05, 4.69) is 0 Å². The molecule has 0 aromatic rings. The van der Waals surface area contributed by atoms with Crippen molar-refractivity contribution in [3.8, 4) is 0 Å². The van der Waals surface area contributed by atoms with Gasteiger partial charge in [-0.3, -0.25) is 4.79 Å². The number of carbonyl (C=O) groups is 1. The van der Waals surface area contributed by atoms with Gasteiger partial charge in [-0.15, -0.1) is 0 Å². The Hall–Kier alpha value is -0.610. The second-order valence-corrected chi connectivity index (χ2v) is 3.81. The normalized spacial score (nSPS) is 36.3. The predicted molar refractivity (Wildman–Crippen MR) is 48.3 cm³/mol. The van der Waals surface area contributed by atoms with Crippen LogP contribution in [0, 0.1) is 0 Å². The fourth-order valence-electron chi connectivity index (χ4n) is 1.78. The molecule has 2 atom stereocenters. The average molecular weight is 187 g/mol. The Morgan fingerprint density at radius 1 is 1.31 bits per heavy atom. The van der Waals surface area contributed by atoms with E-state index < -0.39 is 17.6 Å². The first-order chi connectivity index (χ1) is 6.07. The maximum Gasteiger partial charge on any atom is 0.326 e. The van der Waals surface area contributed by atoms with Crippen molar-refractivity contribution in [2.45, 2.75) is 50.2 Å². The van der Waals surface area contributed by atoms with Crippen LogP contribution in [0.5, 0.6) is 0 Å². The number of aliphatic carboxylic acids is 1. The summed E-state index contributed by atoms with van der Waals surface area (Å²) >= 11 is 0. The molecule has 4 heteroatoms. The highest BCUT2D eigenvalue weighted by Crippen LogP contribution is 2.24. The van der Waals surface area contributed by atoms with Crippen molar-refractivity contribution in [2.75, 3.05) is 0 Å². The largest absolute Gasteiger partial charge is 0.480 e. The Kier molecular flexibility index (Phi) is 3.27. The van der Waals surface area contributed by atoms with Gasteiger partial charge in [-0.1, -0.05) is 25.7 Å². The van der Waals surface area contributed by atoms with Crippen molar-refractivity contribution in [3.63, 3.8) is 0 Å². The lowest BCUT2D eigenvalue weighted by atomic mass is 9.82. The zero-order valence-electron chi connectivity index (χ0n) is 7.70. The molecule has 1 saturated carbocycles. The third kappa shape index (κ3) is 2.19. The summed E-state index contributed by atoms with van der Waals surface area (Å²) in [7, 11) is 0. The highest BCUT2D eigenvalue weighted by Gasteiger charge is 2.41. The Balaban J connectivity index is 2.71. The molecule has 1 aliphatic carbocycles. The topological polar surface area (TPSA) is 83.6 Å². The van der Waals surface area contributed by atoms with Gasteiger partial charge in [0.25, 0.3) is 0 Å². The summed E-state index contributed by atoms with van der Waals surface area (Å²) in [6.45, 7) is 0. The molecule has 0 bridgehead atoms. The summed E-state index contributed by atoms with van der Waals surface area (Å²) in [6, 6.07) is 0. The third-order valence-electron chi connectivity index (χ3n) is 2.81. The molecule has 4 nitrogen and oxygen atoms in total. The van der Waals surface area contributed by atoms with Crippen LogP contribution < -0.4 is 5.73 Å². The van der Waals surface area contributed by atoms with Gasteiger partial charge < -0.3 is 15.9 Å². The van der Waals surface area contributed by atoms with E-state index in [0.29, 0.717) is 12.8 Å². The molecule has 0 aromatic heterocycles. The van der Waals surface area contributed by atoms with Gasteiger partial charge in [-0.25, -0.2) is 0 Å². The van der Waals surface area contributed by atoms with Crippen molar-refractivity contribution in [3.05, 3.63) is 0 Å². The van der Waals surface area contributed by atoms with Crippen LogP contribution in [0.4, 0.5) is 0 Å². The number of nitrogens with two attached hydrogens (primary N) is 1. The van der Waals surface area contributed by atoms with Crippen LogP contribution in [0.3, 0.4) is 0 Å². The van der Waals surface area contributed by atoms with Crippen LogP contribution in [0.15, 0.2) is 0 Å². The van der Waals surface area contributed by atoms with E-state index in [1.54, 1.807) is 0 Å². The number of carboxylic acids is 1. The Bertz CT molecular complexity index is 195. The minimum absolute atomic E-state index is 0.378. The fourth-order valence-corrected chi connectivity index (χ4v) is 1.78. The van der Waals surface area contributed by atoms with Crippen LogP contribution in [-0.4, -0.2) is 27.8 Å². The van der Waals surface area contributed by atoms with Gasteiger partial charge >= 0.3 is 5.97 Å². The monoisotopic (exact) mass is 187 g/mol. The molecule has 76 valence electrons. The summed E-state index contributed by atoms with van der Waals surface area (Å²) < 4.78 is 0. The van der Waals surface area contributed by atoms with Crippen molar-refractivity contribution in [1.29, 1.82) is 0 Å². The minimum atomic E-state index is -1.42. The van der Waals surface area contributed by atoms with Crippen LogP contribution >= 0.6 is 0 Å². The van der Waals surface area contributed by atoms with E-state index in [1.807, 2.05) is 0 Å². The Labute approximate surface area is 77.7 Å². The molecule has 0 aromatic carbocycles. The molecular weight excluding hydrogens is 170 g/mol. The highest BCUT2D eigenvalue weighted by molar-refractivity contribution is 5.79. The lowest BCUT2D eigenvalue weighted by Crippen LogP contribution is -2.57. The summed E-state index contributed by atoms with van der Waals surface area (Å²) in [5, 5.41) is 18.5.